The summed E-state index contributed by atoms with van der Waals surface area (Å²) in [6, 6.07) is 9.34. The predicted octanol–water partition coefficient (Wildman–Crippen LogP) is 4.06. The number of anilines is 2. The van der Waals surface area contributed by atoms with Gasteiger partial charge in [0.2, 0.25) is 6.41 Å². The van der Waals surface area contributed by atoms with Crippen LogP contribution in [-0.4, -0.2) is 84.5 Å². The lowest BCUT2D eigenvalue weighted by atomic mass is 10.1. The number of carbonyl (C=O) groups excluding carboxylic acids is 1. The second-order valence-corrected chi connectivity index (χ2v) is 11.8. The maximum Gasteiger partial charge on any atom is 0.416 e. The van der Waals surface area contributed by atoms with Gasteiger partial charge in [-0.05, 0) is 63.4 Å². The molecule has 2 heterocycles. The first kappa shape index (κ1) is 34.6. The molecule has 16 heteroatoms. The molecule has 2 aromatic rings. The van der Waals surface area contributed by atoms with E-state index in [-0.39, 0.29) is 18.0 Å². The normalized spacial score (nSPS) is 15.8. The van der Waals surface area contributed by atoms with Gasteiger partial charge < -0.3 is 19.5 Å². The number of morpholine rings is 1. The first-order chi connectivity index (χ1) is 19.3. The van der Waals surface area contributed by atoms with Crippen molar-refractivity contribution in [2.24, 2.45) is 0 Å². The van der Waals surface area contributed by atoms with Crippen LogP contribution in [0.1, 0.15) is 13.8 Å². The highest BCUT2D eigenvalue weighted by Gasteiger charge is 2.47. The zero-order valence-corrected chi connectivity index (χ0v) is 24.7. The largest absolute Gasteiger partial charge is 0.489 e. The Kier molecular flexibility index (Phi) is 13.1. The molecule has 0 aliphatic carbocycles. The number of hydrogen-bond donors (Lipinski definition) is 2. The number of nitrogens with zero attached hydrogens (tertiary/aromatic N) is 2. The fourth-order valence-electron chi connectivity index (χ4n) is 3.22. The van der Waals surface area contributed by atoms with Gasteiger partial charge in [0, 0.05) is 38.0 Å². The Bertz CT molecular complexity index is 1210. The number of methoxy groups -OCH3 is 1. The molecule has 4 rings (SSSR count). The highest BCUT2D eigenvalue weighted by atomic mass is 32.2. The number of carbonyl (C=O) groups is 1. The summed E-state index contributed by atoms with van der Waals surface area (Å²) in [5.41, 5.74) is -1.25. The Morgan fingerprint density at radius 3 is 2.17 bits per heavy atom. The molecule has 0 saturated carbocycles. The molecule has 0 atom stereocenters. The van der Waals surface area contributed by atoms with E-state index < -0.39 is 27.6 Å². The van der Waals surface area contributed by atoms with Crippen LogP contribution in [-0.2, 0) is 24.3 Å². The van der Waals surface area contributed by atoms with Gasteiger partial charge in [0.1, 0.15) is 18.2 Å². The van der Waals surface area contributed by atoms with Gasteiger partial charge in [0.25, 0.3) is 10.0 Å². The molecule has 2 aromatic carbocycles. The standard InChI is InChI=1S/C15H13FN2O4S.C5H9F3O.C5H12N2OS/c16-11-1-4-13(5-2-11)23(20,21)18-7-8-22-15-6-3-12(17-10-19)9-14(15)18;1-4(2,9-3)5(6,7)8;1-6-9-7-2-4-8-5-3-7/h1-6,9-10H,7-8H2,(H,17,19);1-3H3;6H,2-5H2,1H3. The van der Waals surface area contributed by atoms with Crippen LogP contribution in [0.3, 0.4) is 0 Å². The monoisotopic (exact) mass is 626 g/mol. The van der Waals surface area contributed by atoms with E-state index in [0.29, 0.717) is 23.5 Å². The van der Waals surface area contributed by atoms with Crippen molar-refractivity contribution >= 4 is 39.9 Å². The minimum Gasteiger partial charge on any atom is -0.489 e. The molecule has 10 nitrogen and oxygen atoms in total. The van der Waals surface area contributed by atoms with E-state index in [9.17, 15) is 30.8 Å². The average molecular weight is 627 g/mol. The topological polar surface area (TPSA) is 109 Å². The Hall–Kier alpha value is -2.63. The van der Waals surface area contributed by atoms with Gasteiger partial charge in [-0.3, -0.25) is 13.8 Å². The number of rotatable bonds is 7. The number of amides is 1. The lowest BCUT2D eigenvalue weighted by Gasteiger charge is -2.30. The number of fused-ring (bicyclic) bond motifs is 1. The molecule has 0 aromatic heterocycles. The lowest BCUT2D eigenvalue weighted by molar-refractivity contribution is -0.255. The van der Waals surface area contributed by atoms with Gasteiger partial charge in [-0.1, -0.05) is 0 Å². The minimum absolute atomic E-state index is 0.0134. The molecule has 1 fully saturated rings. The van der Waals surface area contributed by atoms with E-state index >= 15 is 0 Å². The number of hydrogen-bond acceptors (Lipinski definition) is 9. The summed E-state index contributed by atoms with van der Waals surface area (Å²) in [7, 11) is -0.887. The van der Waals surface area contributed by atoms with Crippen molar-refractivity contribution in [2.75, 3.05) is 63.2 Å². The molecule has 2 N–H and O–H groups in total. The molecule has 0 bridgehead atoms. The zero-order chi connectivity index (χ0) is 30.7. The van der Waals surface area contributed by atoms with Gasteiger partial charge in [0.15, 0.2) is 5.60 Å². The van der Waals surface area contributed by atoms with Crippen molar-refractivity contribution in [3.05, 3.63) is 48.3 Å². The average Bonchev–Trinajstić information content (AvgIpc) is 2.94. The zero-order valence-electron chi connectivity index (χ0n) is 23.0. The molecule has 1 saturated heterocycles. The van der Waals surface area contributed by atoms with Crippen molar-refractivity contribution in [1.82, 2.24) is 9.03 Å². The Morgan fingerprint density at radius 1 is 1.02 bits per heavy atom. The van der Waals surface area contributed by atoms with Crippen LogP contribution in [0.15, 0.2) is 47.4 Å². The Balaban J connectivity index is 0.000000269. The molecule has 0 spiro atoms. The van der Waals surface area contributed by atoms with Crippen LogP contribution in [0.2, 0.25) is 0 Å². The first-order valence-electron chi connectivity index (χ1n) is 12.3. The summed E-state index contributed by atoms with van der Waals surface area (Å²) in [6.07, 6.45) is -3.77. The van der Waals surface area contributed by atoms with E-state index in [0.717, 1.165) is 59.4 Å². The summed E-state index contributed by atoms with van der Waals surface area (Å²) in [6.45, 7) is 6.09. The number of nitrogens with one attached hydrogen (secondary N) is 2. The van der Waals surface area contributed by atoms with Gasteiger partial charge in [0.05, 0.1) is 30.3 Å². The Morgan fingerprint density at radius 2 is 1.66 bits per heavy atom. The third-order valence-corrected chi connectivity index (χ3v) is 8.42. The fraction of sp³-hybridized carbons (Fsp3) is 0.480. The molecule has 0 unspecified atom stereocenters. The van der Waals surface area contributed by atoms with Crippen molar-refractivity contribution in [3.8, 4) is 5.75 Å². The van der Waals surface area contributed by atoms with Crippen LogP contribution < -0.4 is 19.1 Å². The molecule has 0 radical (unpaired) electrons. The number of benzene rings is 2. The quantitative estimate of drug-likeness (QED) is 0.267. The molecule has 2 aliphatic rings. The van der Waals surface area contributed by atoms with Gasteiger partial charge in [-0.15, -0.1) is 0 Å². The second kappa shape index (κ2) is 15.6. The predicted molar refractivity (Wildman–Crippen MR) is 149 cm³/mol. The van der Waals surface area contributed by atoms with Gasteiger partial charge in [-0.2, -0.15) is 13.2 Å². The lowest BCUT2D eigenvalue weighted by Crippen LogP contribution is -2.40. The summed E-state index contributed by atoms with van der Waals surface area (Å²) < 4.78 is 95.0. The van der Waals surface area contributed by atoms with E-state index in [2.05, 4.69) is 19.1 Å². The van der Waals surface area contributed by atoms with Crippen LogP contribution >= 0.6 is 12.1 Å². The van der Waals surface area contributed by atoms with E-state index in [1.165, 1.54) is 22.5 Å². The highest BCUT2D eigenvalue weighted by molar-refractivity contribution is 7.95. The molecular weight excluding hydrogens is 592 g/mol. The van der Waals surface area contributed by atoms with Gasteiger partial charge in [-0.25, -0.2) is 17.1 Å². The fourth-order valence-corrected chi connectivity index (χ4v) is 5.26. The maximum atomic E-state index is 13.0. The second-order valence-electron chi connectivity index (χ2n) is 8.87. The third-order valence-electron chi connectivity index (χ3n) is 5.79. The van der Waals surface area contributed by atoms with Crippen LogP contribution in [0.4, 0.5) is 28.9 Å². The van der Waals surface area contributed by atoms with Crippen molar-refractivity contribution in [3.63, 3.8) is 0 Å². The van der Waals surface area contributed by atoms with E-state index in [1.54, 1.807) is 24.3 Å². The van der Waals surface area contributed by atoms with Crippen LogP contribution in [0, 0.1) is 5.82 Å². The maximum absolute atomic E-state index is 13.0. The SMILES string of the molecule is CNSN1CCOCC1.COC(C)(C)C(F)(F)F.O=CNc1ccc2c(c1)N(S(=O)(=O)c1ccc(F)cc1)CCO2. The third kappa shape index (κ3) is 10.0. The van der Waals surface area contributed by atoms with Crippen molar-refractivity contribution in [1.29, 1.82) is 0 Å². The van der Waals surface area contributed by atoms with Crippen molar-refractivity contribution in [2.45, 2.75) is 30.5 Å². The molecule has 1 amide bonds. The molecule has 41 heavy (non-hydrogen) atoms. The minimum atomic E-state index is -4.28. The summed E-state index contributed by atoms with van der Waals surface area (Å²) in [5.74, 6) is -0.109. The summed E-state index contributed by atoms with van der Waals surface area (Å²) in [5, 5.41) is 2.47. The first-order valence-corrected chi connectivity index (χ1v) is 14.5. The molecule has 230 valence electrons. The number of alkyl halides is 3. The number of ether oxygens (including phenoxy) is 3. The van der Waals surface area contributed by atoms with E-state index in [1.807, 2.05) is 7.05 Å². The van der Waals surface area contributed by atoms with Gasteiger partial charge >= 0.3 is 6.18 Å². The number of sulfonamides is 1. The van der Waals surface area contributed by atoms with Crippen LogP contribution in [0.5, 0.6) is 5.75 Å². The van der Waals surface area contributed by atoms with Crippen molar-refractivity contribution < 1.29 is 45.0 Å². The molecule has 2 aliphatic heterocycles. The number of halogens is 4. The summed E-state index contributed by atoms with van der Waals surface area (Å²) in [4.78, 5) is 10.6. The molecular formula is C25H34F4N4O6S2. The van der Waals surface area contributed by atoms with E-state index in [4.69, 9.17) is 9.47 Å². The van der Waals surface area contributed by atoms with Crippen LogP contribution in [0.25, 0.3) is 0 Å². The summed E-state index contributed by atoms with van der Waals surface area (Å²) >= 11 is 1.66. The smallest absolute Gasteiger partial charge is 0.416 e. The Labute approximate surface area is 241 Å². The highest BCUT2D eigenvalue weighted by Crippen LogP contribution is 2.37.